The maximum Gasteiger partial charge on any atom is 0.122 e. The summed E-state index contributed by atoms with van der Waals surface area (Å²) in [4.78, 5) is 19.5. The van der Waals surface area contributed by atoms with E-state index >= 15 is 0 Å². The number of carbonyl (C=O) groups is 1. The Labute approximate surface area is 137 Å². The Bertz CT molecular complexity index is 744. The van der Waals surface area contributed by atoms with E-state index in [0.717, 1.165) is 31.7 Å². The number of allylic oxidation sites excluding steroid dienone is 1. The van der Waals surface area contributed by atoms with Gasteiger partial charge in [0.25, 0.3) is 0 Å². The van der Waals surface area contributed by atoms with E-state index in [0.29, 0.717) is 17.7 Å². The molecular formula is C14H12IN4OP. The topological polar surface area (TPSA) is 60.7 Å². The molecule has 7 heteroatoms. The maximum atomic E-state index is 10.6. The number of carbonyl (C=O) groups excluding carboxylic acids is 1. The second-order valence-corrected chi connectivity index (χ2v) is 8.16. The van der Waals surface area contributed by atoms with E-state index in [-0.39, 0.29) is 4.05 Å². The van der Waals surface area contributed by atoms with Gasteiger partial charge in [0.15, 0.2) is 0 Å². The van der Waals surface area contributed by atoms with Gasteiger partial charge >= 0.3 is 0 Å². The van der Waals surface area contributed by atoms with Crippen molar-refractivity contribution in [1.82, 2.24) is 19.7 Å². The SMILES string of the molecule is O=CCC(I)n1cc(-c2ncnc3c2C=CC2PC32)cn1. The molecule has 0 spiro atoms. The quantitative estimate of drug-likeness (QED) is 0.337. The number of fused-ring (bicyclic) bond motifs is 3. The van der Waals surface area contributed by atoms with Crippen molar-refractivity contribution in [2.24, 2.45) is 0 Å². The fourth-order valence-corrected chi connectivity index (χ4v) is 4.30. The predicted molar refractivity (Wildman–Crippen MR) is 90.9 cm³/mol. The van der Waals surface area contributed by atoms with Crippen LogP contribution in [0.1, 0.15) is 27.4 Å². The van der Waals surface area contributed by atoms with Gasteiger partial charge in [-0.15, -0.1) is 8.58 Å². The lowest BCUT2D eigenvalue weighted by Gasteiger charge is -2.11. The van der Waals surface area contributed by atoms with E-state index in [1.807, 2.05) is 17.1 Å². The molecule has 1 aliphatic carbocycles. The molecule has 4 rings (SSSR count). The fraction of sp³-hybridized carbons (Fsp3) is 0.286. The van der Waals surface area contributed by atoms with Crippen LogP contribution in [0.15, 0.2) is 24.8 Å². The molecule has 0 aromatic carbocycles. The zero-order chi connectivity index (χ0) is 14.4. The molecule has 4 unspecified atom stereocenters. The average Bonchev–Trinajstić information content (AvgIpc) is 3.14. The number of halogens is 1. The highest BCUT2D eigenvalue weighted by atomic mass is 127. The van der Waals surface area contributed by atoms with Gasteiger partial charge in [-0.1, -0.05) is 34.7 Å². The Balaban J connectivity index is 1.73. The molecule has 4 atom stereocenters. The standard InChI is InChI=1S/C14H12IN4OP/c15-11(3-4-20)19-6-8(5-18-19)12-9-1-2-10-14(21-10)13(9)17-7-16-12/h1-2,4-7,10-11,14,21H,3H2. The first kappa shape index (κ1) is 13.5. The van der Waals surface area contributed by atoms with Crippen LogP contribution in [-0.4, -0.2) is 31.7 Å². The van der Waals surface area contributed by atoms with Gasteiger partial charge in [-0.2, -0.15) is 5.10 Å². The molecule has 5 nitrogen and oxygen atoms in total. The summed E-state index contributed by atoms with van der Waals surface area (Å²) in [6.45, 7) is 0. The highest BCUT2D eigenvalue weighted by Gasteiger charge is 2.41. The smallest absolute Gasteiger partial charge is 0.122 e. The lowest BCUT2D eigenvalue weighted by atomic mass is 9.99. The minimum atomic E-state index is 0.0383. The summed E-state index contributed by atoms with van der Waals surface area (Å²) in [5.41, 5.74) is 5.53. The molecule has 1 saturated heterocycles. The minimum absolute atomic E-state index is 0.0383. The first-order valence-corrected chi connectivity index (χ1v) is 9.09. The van der Waals surface area contributed by atoms with Crippen molar-refractivity contribution in [2.45, 2.75) is 21.8 Å². The monoisotopic (exact) mass is 410 g/mol. The summed E-state index contributed by atoms with van der Waals surface area (Å²) >= 11 is 2.22. The number of aldehydes is 1. The van der Waals surface area contributed by atoms with Gasteiger partial charge in [0.05, 0.1) is 17.6 Å². The highest BCUT2D eigenvalue weighted by molar-refractivity contribution is 14.1. The van der Waals surface area contributed by atoms with E-state index in [9.17, 15) is 4.79 Å². The van der Waals surface area contributed by atoms with Crippen LogP contribution in [0.4, 0.5) is 0 Å². The van der Waals surface area contributed by atoms with Crippen molar-refractivity contribution in [3.05, 3.63) is 36.1 Å². The summed E-state index contributed by atoms with van der Waals surface area (Å²) in [5, 5.41) is 4.36. The molecule has 1 aliphatic heterocycles. The molecule has 2 aliphatic rings. The zero-order valence-electron chi connectivity index (χ0n) is 11.0. The molecule has 0 N–H and O–H groups in total. The van der Waals surface area contributed by atoms with E-state index in [4.69, 9.17) is 0 Å². The average molecular weight is 410 g/mol. The van der Waals surface area contributed by atoms with Crippen molar-refractivity contribution in [3.8, 4) is 11.3 Å². The summed E-state index contributed by atoms with van der Waals surface area (Å²) < 4.78 is 1.85. The summed E-state index contributed by atoms with van der Waals surface area (Å²) in [6.07, 6.45) is 11.2. The molecule has 3 heterocycles. The van der Waals surface area contributed by atoms with Crippen molar-refractivity contribution >= 4 is 43.5 Å². The van der Waals surface area contributed by atoms with Gasteiger partial charge in [0.2, 0.25) is 0 Å². The molecule has 0 bridgehead atoms. The van der Waals surface area contributed by atoms with Crippen molar-refractivity contribution < 1.29 is 4.79 Å². The van der Waals surface area contributed by atoms with Crippen LogP contribution in [0.3, 0.4) is 0 Å². The van der Waals surface area contributed by atoms with Gasteiger partial charge in [-0.3, -0.25) is 4.68 Å². The van der Waals surface area contributed by atoms with Crippen molar-refractivity contribution in [2.75, 3.05) is 0 Å². The molecule has 1 fully saturated rings. The Kier molecular flexibility index (Phi) is 3.38. The Hall–Kier alpha value is -1.14. The van der Waals surface area contributed by atoms with Crippen LogP contribution < -0.4 is 0 Å². The van der Waals surface area contributed by atoms with E-state index < -0.39 is 0 Å². The van der Waals surface area contributed by atoms with Crippen molar-refractivity contribution in [3.63, 3.8) is 0 Å². The number of rotatable bonds is 4. The maximum absolute atomic E-state index is 10.6. The Morgan fingerprint density at radius 3 is 3.24 bits per heavy atom. The predicted octanol–water partition coefficient (Wildman–Crippen LogP) is 2.99. The van der Waals surface area contributed by atoms with Crippen LogP contribution in [0.5, 0.6) is 0 Å². The van der Waals surface area contributed by atoms with Crippen LogP contribution in [-0.2, 0) is 4.79 Å². The van der Waals surface area contributed by atoms with Crippen LogP contribution in [0, 0.1) is 0 Å². The van der Waals surface area contributed by atoms with Crippen LogP contribution in [0.25, 0.3) is 17.3 Å². The molecule has 0 amide bonds. The van der Waals surface area contributed by atoms with E-state index in [2.05, 4.69) is 49.8 Å². The second kappa shape index (κ2) is 5.25. The summed E-state index contributed by atoms with van der Waals surface area (Å²) in [6, 6.07) is 0. The third-order valence-electron chi connectivity index (χ3n) is 3.75. The molecular weight excluding hydrogens is 398 g/mol. The number of nitrogens with zero attached hydrogens (tertiary/aromatic N) is 4. The fourth-order valence-electron chi connectivity index (χ4n) is 2.62. The van der Waals surface area contributed by atoms with Gasteiger partial charge in [-0.05, 0) is 0 Å². The van der Waals surface area contributed by atoms with E-state index in [1.165, 1.54) is 5.69 Å². The first-order valence-electron chi connectivity index (χ1n) is 6.69. The number of hydrogen-bond donors (Lipinski definition) is 0. The number of alkyl halides is 1. The first-order chi connectivity index (χ1) is 10.3. The number of aromatic nitrogens is 4. The molecule has 2 aromatic rings. The summed E-state index contributed by atoms with van der Waals surface area (Å²) in [7, 11) is 0.962. The third-order valence-corrected chi connectivity index (χ3v) is 6.35. The second-order valence-electron chi connectivity index (χ2n) is 5.10. The normalized spacial score (nSPS) is 24.4. The van der Waals surface area contributed by atoms with Gasteiger partial charge in [-0.25, -0.2) is 9.97 Å². The molecule has 0 radical (unpaired) electrons. The molecule has 21 heavy (non-hydrogen) atoms. The highest BCUT2D eigenvalue weighted by Crippen LogP contribution is 2.64. The van der Waals surface area contributed by atoms with Crippen LogP contribution in [0.2, 0.25) is 0 Å². The van der Waals surface area contributed by atoms with Gasteiger partial charge in [0, 0.05) is 35.1 Å². The minimum Gasteiger partial charge on any atom is -0.303 e. The summed E-state index contributed by atoms with van der Waals surface area (Å²) in [5.74, 6) is 0. The van der Waals surface area contributed by atoms with Gasteiger partial charge < -0.3 is 4.79 Å². The lowest BCUT2D eigenvalue weighted by Crippen LogP contribution is -2.03. The lowest BCUT2D eigenvalue weighted by molar-refractivity contribution is -0.108. The molecule has 106 valence electrons. The largest absolute Gasteiger partial charge is 0.303 e. The zero-order valence-corrected chi connectivity index (χ0v) is 14.1. The van der Waals surface area contributed by atoms with Crippen LogP contribution >= 0.6 is 31.2 Å². The Morgan fingerprint density at radius 2 is 2.38 bits per heavy atom. The number of hydrogen-bond acceptors (Lipinski definition) is 4. The van der Waals surface area contributed by atoms with Crippen molar-refractivity contribution in [1.29, 1.82) is 0 Å². The molecule has 2 aromatic heterocycles. The Morgan fingerprint density at radius 1 is 1.48 bits per heavy atom. The van der Waals surface area contributed by atoms with E-state index in [1.54, 1.807) is 6.33 Å². The van der Waals surface area contributed by atoms with Gasteiger partial charge in [0.1, 0.15) is 16.7 Å². The molecule has 0 saturated carbocycles. The third kappa shape index (κ3) is 2.34.